The third-order valence-corrected chi connectivity index (χ3v) is 4.67. The van der Waals surface area contributed by atoms with Crippen LogP contribution in [0.15, 0.2) is 18.2 Å². The van der Waals surface area contributed by atoms with Crippen LogP contribution in [-0.2, 0) is 0 Å². The minimum Gasteiger partial charge on any atom is -0.493 e. The zero-order valence-electron chi connectivity index (χ0n) is 13.1. The largest absolute Gasteiger partial charge is 0.493 e. The molecule has 1 N–H and O–H groups in total. The Morgan fingerprint density at radius 2 is 2.10 bits per heavy atom. The lowest BCUT2D eigenvalue weighted by Gasteiger charge is -2.33. The Bertz CT molecular complexity index is 478. The van der Waals surface area contributed by atoms with Crippen LogP contribution >= 0.6 is 0 Å². The minimum atomic E-state index is 0.563. The summed E-state index contributed by atoms with van der Waals surface area (Å²) in [6.07, 6.45) is 5.29. The van der Waals surface area contributed by atoms with Gasteiger partial charge in [0, 0.05) is 30.4 Å². The molecule has 4 nitrogen and oxygen atoms in total. The van der Waals surface area contributed by atoms with E-state index in [1.807, 2.05) is 13.0 Å². The summed E-state index contributed by atoms with van der Waals surface area (Å²) in [5.41, 5.74) is 1.14. The molecule has 0 aromatic heterocycles. The summed E-state index contributed by atoms with van der Waals surface area (Å²) >= 11 is 0. The first-order valence-electron chi connectivity index (χ1n) is 8.13. The third-order valence-electron chi connectivity index (χ3n) is 4.67. The van der Waals surface area contributed by atoms with Crippen molar-refractivity contribution >= 4 is 5.69 Å². The molecule has 3 rings (SSSR count). The second-order valence-electron chi connectivity index (χ2n) is 5.94. The number of ether oxygens (including phenoxy) is 2. The predicted molar refractivity (Wildman–Crippen MR) is 85.4 cm³/mol. The Balaban J connectivity index is 1.71. The van der Waals surface area contributed by atoms with E-state index < -0.39 is 0 Å². The van der Waals surface area contributed by atoms with E-state index in [9.17, 15) is 0 Å². The zero-order chi connectivity index (χ0) is 14.7. The van der Waals surface area contributed by atoms with Gasteiger partial charge in [-0.05, 0) is 44.9 Å². The van der Waals surface area contributed by atoms with Crippen LogP contribution in [0.2, 0.25) is 0 Å². The van der Waals surface area contributed by atoms with Crippen molar-refractivity contribution in [3.05, 3.63) is 18.2 Å². The molecule has 21 heavy (non-hydrogen) atoms. The molecule has 0 spiro atoms. The van der Waals surface area contributed by atoms with Crippen LogP contribution in [0.25, 0.3) is 0 Å². The van der Waals surface area contributed by atoms with Crippen LogP contribution in [0.3, 0.4) is 0 Å². The molecule has 2 atom stereocenters. The average molecular weight is 290 g/mol. The Labute approximate surface area is 127 Å². The summed E-state index contributed by atoms with van der Waals surface area (Å²) in [5, 5.41) is 3.71. The van der Waals surface area contributed by atoms with Crippen molar-refractivity contribution in [2.45, 2.75) is 44.7 Å². The van der Waals surface area contributed by atoms with Crippen LogP contribution in [0, 0.1) is 0 Å². The highest BCUT2D eigenvalue weighted by Gasteiger charge is 2.35. The van der Waals surface area contributed by atoms with Gasteiger partial charge in [0.15, 0.2) is 11.5 Å². The number of nitrogens with zero attached hydrogens (tertiary/aromatic N) is 1. The van der Waals surface area contributed by atoms with Gasteiger partial charge in [-0.3, -0.25) is 4.90 Å². The van der Waals surface area contributed by atoms with Gasteiger partial charge in [-0.15, -0.1) is 0 Å². The molecule has 4 heteroatoms. The smallest absolute Gasteiger partial charge is 0.163 e. The van der Waals surface area contributed by atoms with Crippen molar-refractivity contribution in [2.24, 2.45) is 0 Å². The highest BCUT2D eigenvalue weighted by atomic mass is 16.5. The number of hydrogen-bond donors (Lipinski definition) is 1. The number of benzene rings is 1. The van der Waals surface area contributed by atoms with Crippen molar-refractivity contribution in [2.75, 3.05) is 32.1 Å². The summed E-state index contributed by atoms with van der Waals surface area (Å²) in [7, 11) is 1.68. The molecule has 2 heterocycles. The third kappa shape index (κ3) is 3.10. The lowest BCUT2D eigenvalue weighted by atomic mass is 9.99. The molecule has 1 aromatic carbocycles. The van der Waals surface area contributed by atoms with Crippen LogP contribution < -0.4 is 14.8 Å². The minimum absolute atomic E-state index is 0.563. The molecule has 2 unspecified atom stereocenters. The SMILES string of the molecule is CCOc1cc(NC2CCN3CCCCC23)ccc1OC. The molecular formula is C17H26N2O2. The van der Waals surface area contributed by atoms with Crippen molar-refractivity contribution in [1.82, 2.24) is 4.90 Å². The van der Waals surface area contributed by atoms with E-state index in [1.54, 1.807) is 7.11 Å². The Kier molecular flexibility index (Phi) is 4.54. The van der Waals surface area contributed by atoms with Crippen LogP contribution in [0.1, 0.15) is 32.6 Å². The van der Waals surface area contributed by atoms with Gasteiger partial charge < -0.3 is 14.8 Å². The van der Waals surface area contributed by atoms with Crippen molar-refractivity contribution in [1.29, 1.82) is 0 Å². The van der Waals surface area contributed by atoms with Crippen molar-refractivity contribution < 1.29 is 9.47 Å². The lowest BCUT2D eigenvalue weighted by Crippen LogP contribution is -2.41. The Hall–Kier alpha value is -1.42. The van der Waals surface area contributed by atoms with Crippen molar-refractivity contribution in [3.8, 4) is 11.5 Å². The predicted octanol–water partition coefficient (Wildman–Crippen LogP) is 3.13. The standard InChI is InChI=1S/C17H26N2O2/c1-3-21-17-12-13(7-8-16(17)20-2)18-14-9-11-19-10-5-4-6-15(14)19/h7-8,12,14-15,18H,3-6,9-11H2,1-2H3. The molecule has 0 amide bonds. The molecule has 0 bridgehead atoms. The quantitative estimate of drug-likeness (QED) is 0.903. The van der Waals surface area contributed by atoms with Gasteiger partial charge >= 0.3 is 0 Å². The molecule has 2 aliphatic heterocycles. The first-order valence-corrected chi connectivity index (χ1v) is 8.13. The summed E-state index contributed by atoms with van der Waals surface area (Å²) in [4.78, 5) is 2.65. The first kappa shape index (κ1) is 14.5. The summed E-state index contributed by atoms with van der Waals surface area (Å²) in [6.45, 7) is 5.16. The number of piperidine rings is 1. The van der Waals surface area contributed by atoms with Crippen LogP contribution in [-0.4, -0.2) is 43.8 Å². The maximum Gasteiger partial charge on any atom is 0.163 e. The van der Waals surface area contributed by atoms with Crippen LogP contribution in [0.4, 0.5) is 5.69 Å². The molecule has 0 radical (unpaired) electrons. The van der Waals surface area contributed by atoms with E-state index in [-0.39, 0.29) is 0 Å². The fraction of sp³-hybridized carbons (Fsp3) is 0.647. The number of hydrogen-bond acceptors (Lipinski definition) is 4. The van der Waals surface area contributed by atoms with E-state index >= 15 is 0 Å². The second-order valence-corrected chi connectivity index (χ2v) is 5.94. The molecule has 116 valence electrons. The normalized spacial score (nSPS) is 25.4. The average Bonchev–Trinajstić information content (AvgIpc) is 2.91. The van der Waals surface area contributed by atoms with Gasteiger partial charge in [0.25, 0.3) is 0 Å². The first-order chi connectivity index (χ1) is 10.3. The van der Waals surface area contributed by atoms with Gasteiger partial charge in [-0.2, -0.15) is 0 Å². The topological polar surface area (TPSA) is 33.7 Å². The molecule has 2 saturated heterocycles. The maximum absolute atomic E-state index is 5.66. The van der Waals surface area contributed by atoms with Gasteiger partial charge in [-0.25, -0.2) is 0 Å². The summed E-state index contributed by atoms with van der Waals surface area (Å²) < 4.78 is 11.0. The maximum atomic E-state index is 5.66. The molecular weight excluding hydrogens is 264 g/mol. The molecule has 0 saturated carbocycles. The van der Waals surface area contributed by atoms with Crippen LogP contribution in [0.5, 0.6) is 11.5 Å². The number of nitrogens with one attached hydrogen (secondary N) is 1. The summed E-state index contributed by atoms with van der Waals surface area (Å²) in [6, 6.07) is 7.41. The van der Waals surface area contributed by atoms with E-state index in [4.69, 9.17) is 9.47 Å². The van der Waals surface area contributed by atoms with Gasteiger partial charge in [0.2, 0.25) is 0 Å². The Morgan fingerprint density at radius 1 is 1.19 bits per heavy atom. The van der Waals surface area contributed by atoms with Gasteiger partial charge in [-0.1, -0.05) is 6.42 Å². The molecule has 0 aliphatic carbocycles. The highest BCUT2D eigenvalue weighted by Crippen LogP contribution is 2.33. The lowest BCUT2D eigenvalue weighted by molar-refractivity contribution is 0.193. The van der Waals surface area contributed by atoms with E-state index in [0.717, 1.165) is 17.2 Å². The van der Waals surface area contributed by atoms with Gasteiger partial charge in [0.1, 0.15) is 0 Å². The number of rotatable bonds is 5. The molecule has 1 aromatic rings. The number of fused-ring (bicyclic) bond motifs is 1. The second kappa shape index (κ2) is 6.56. The molecule has 2 fully saturated rings. The van der Waals surface area contributed by atoms with E-state index in [0.29, 0.717) is 18.7 Å². The fourth-order valence-corrected chi connectivity index (χ4v) is 3.66. The number of anilines is 1. The van der Waals surface area contributed by atoms with Gasteiger partial charge in [0.05, 0.1) is 13.7 Å². The van der Waals surface area contributed by atoms with E-state index in [2.05, 4.69) is 22.3 Å². The zero-order valence-corrected chi connectivity index (χ0v) is 13.1. The van der Waals surface area contributed by atoms with E-state index in [1.165, 1.54) is 38.8 Å². The summed E-state index contributed by atoms with van der Waals surface area (Å²) in [5.74, 6) is 1.62. The monoisotopic (exact) mass is 290 g/mol. The molecule has 2 aliphatic rings. The Morgan fingerprint density at radius 3 is 2.90 bits per heavy atom. The fourth-order valence-electron chi connectivity index (χ4n) is 3.66. The number of methoxy groups -OCH3 is 1. The van der Waals surface area contributed by atoms with Crippen molar-refractivity contribution in [3.63, 3.8) is 0 Å². The highest BCUT2D eigenvalue weighted by molar-refractivity contribution is 5.55.